The highest BCUT2D eigenvalue weighted by molar-refractivity contribution is 7.10. The summed E-state index contributed by atoms with van der Waals surface area (Å²) >= 11 is 1.55. The minimum absolute atomic E-state index is 0.139. The number of aliphatic hydroxyl groups excluding tert-OH is 1. The van der Waals surface area contributed by atoms with E-state index >= 15 is 0 Å². The van der Waals surface area contributed by atoms with Crippen molar-refractivity contribution in [2.75, 3.05) is 6.54 Å². The van der Waals surface area contributed by atoms with E-state index < -0.39 is 6.10 Å². The lowest BCUT2D eigenvalue weighted by Crippen LogP contribution is -2.27. The molecule has 0 saturated heterocycles. The average molecular weight is 267 g/mol. The quantitative estimate of drug-likeness (QED) is 0.832. The fourth-order valence-electron chi connectivity index (χ4n) is 2.52. The molecule has 1 fully saturated rings. The predicted octanol–water partition coefficient (Wildman–Crippen LogP) is 2.87. The summed E-state index contributed by atoms with van der Waals surface area (Å²) < 4.78 is 0. The van der Waals surface area contributed by atoms with Crippen molar-refractivity contribution in [3.8, 4) is 0 Å². The van der Waals surface area contributed by atoms with E-state index in [1.807, 2.05) is 17.5 Å². The number of rotatable bonds is 6. The molecule has 1 aliphatic rings. The van der Waals surface area contributed by atoms with Crippen LogP contribution < -0.4 is 5.32 Å². The Morgan fingerprint density at radius 3 is 2.94 bits per heavy atom. The molecular formula is C14H21NO2S. The molecule has 100 valence electrons. The van der Waals surface area contributed by atoms with E-state index in [0.717, 1.165) is 4.88 Å². The fraction of sp³-hybridized carbons (Fsp3) is 0.643. The molecule has 1 amide bonds. The summed E-state index contributed by atoms with van der Waals surface area (Å²) in [4.78, 5) is 12.6. The first kappa shape index (κ1) is 13.6. The van der Waals surface area contributed by atoms with Crippen molar-refractivity contribution >= 4 is 17.2 Å². The largest absolute Gasteiger partial charge is 0.388 e. The Morgan fingerprint density at radius 2 is 2.28 bits per heavy atom. The van der Waals surface area contributed by atoms with Crippen LogP contribution in [0.15, 0.2) is 17.5 Å². The summed E-state index contributed by atoms with van der Waals surface area (Å²) in [6.45, 7) is 0.560. The summed E-state index contributed by atoms with van der Waals surface area (Å²) in [5.41, 5.74) is 0. The first-order valence-electron chi connectivity index (χ1n) is 6.74. The maximum atomic E-state index is 11.7. The summed E-state index contributed by atoms with van der Waals surface area (Å²) in [6, 6.07) is 3.86. The smallest absolute Gasteiger partial charge is 0.220 e. The van der Waals surface area contributed by atoms with Gasteiger partial charge < -0.3 is 10.4 Å². The summed E-state index contributed by atoms with van der Waals surface area (Å²) in [5.74, 6) is 0.729. The second-order valence-corrected chi connectivity index (χ2v) is 6.00. The molecule has 1 saturated carbocycles. The van der Waals surface area contributed by atoms with Gasteiger partial charge >= 0.3 is 0 Å². The highest BCUT2D eigenvalue weighted by Crippen LogP contribution is 2.27. The number of amides is 1. The zero-order valence-corrected chi connectivity index (χ0v) is 11.4. The van der Waals surface area contributed by atoms with E-state index in [1.54, 1.807) is 11.3 Å². The minimum atomic E-state index is -0.447. The molecule has 0 aromatic carbocycles. The lowest BCUT2D eigenvalue weighted by Gasteiger charge is -2.11. The number of carbonyl (C=O) groups excluding carboxylic acids is 1. The Morgan fingerprint density at radius 1 is 1.50 bits per heavy atom. The Hall–Kier alpha value is -0.870. The molecule has 1 atom stereocenters. The number of carbonyl (C=O) groups is 1. The molecule has 2 N–H and O–H groups in total. The third kappa shape index (κ3) is 4.10. The first-order chi connectivity index (χ1) is 8.75. The number of thiophene rings is 1. The van der Waals surface area contributed by atoms with Gasteiger partial charge in [-0.3, -0.25) is 4.79 Å². The predicted molar refractivity (Wildman–Crippen MR) is 73.5 cm³/mol. The van der Waals surface area contributed by atoms with Gasteiger partial charge in [-0.05, 0) is 36.6 Å². The molecule has 1 heterocycles. The van der Waals surface area contributed by atoms with E-state index in [9.17, 15) is 9.90 Å². The third-order valence-corrected chi connectivity index (χ3v) is 4.53. The van der Waals surface area contributed by atoms with Crippen molar-refractivity contribution in [3.63, 3.8) is 0 Å². The molecular weight excluding hydrogens is 246 g/mol. The van der Waals surface area contributed by atoms with Crippen molar-refractivity contribution in [1.29, 1.82) is 0 Å². The zero-order valence-electron chi connectivity index (χ0n) is 10.6. The van der Waals surface area contributed by atoms with Gasteiger partial charge in [-0.2, -0.15) is 0 Å². The van der Waals surface area contributed by atoms with Crippen LogP contribution in [-0.2, 0) is 4.79 Å². The summed E-state index contributed by atoms with van der Waals surface area (Å²) in [5, 5.41) is 14.7. The Kier molecular flexibility index (Phi) is 5.20. The van der Waals surface area contributed by atoms with Crippen LogP contribution >= 0.6 is 11.3 Å². The molecule has 3 nitrogen and oxygen atoms in total. The van der Waals surface area contributed by atoms with Gasteiger partial charge in [0.2, 0.25) is 5.91 Å². The maximum Gasteiger partial charge on any atom is 0.220 e. The zero-order chi connectivity index (χ0) is 12.8. The molecule has 0 unspecified atom stereocenters. The van der Waals surface area contributed by atoms with E-state index in [0.29, 0.717) is 25.3 Å². The highest BCUT2D eigenvalue weighted by atomic mass is 32.1. The van der Waals surface area contributed by atoms with Crippen LogP contribution in [0.5, 0.6) is 0 Å². The number of aliphatic hydroxyl groups is 1. The monoisotopic (exact) mass is 267 g/mol. The minimum Gasteiger partial charge on any atom is -0.388 e. The van der Waals surface area contributed by atoms with Gasteiger partial charge in [0.25, 0.3) is 0 Å². The number of nitrogens with one attached hydrogen (secondary N) is 1. The van der Waals surface area contributed by atoms with Crippen LogP contribution in [0, 0.1) is 5.92 Å². The summed E-state index contributed by atoms with van der Waals surface area (Å²) in [6.07, 6.45) is 5.75. The number of hydrogen-bond donors (Lipinski definition) is 2. The Bertz CT molecular complexity index is 358. The normalized spacial score (nSPS) is 17.8. The van der Waals surface area contributed by atoms with Crippen LogP contribution in [0.25, 0.3) is 0 Å². The van der Waals surface area contributed by atoms with Crippen molar-refractivity contribution in [3.05, 3.63) is 22.4 Å². The molecule has 18 heavy (non-hydrogen) atoms. The molecule has 0 aliphatic heterocycles. The standard InChI is InChI=1S/C14H21NO2S/c16-12(13-6-3-9-18-13)7-8-15-14(17)10-11-4-1-2-5-11/h3,6,9,11-12,16H,1-2,4-5,7-8,10H2,(H,15,17)/t12-/m1/s1. The van der Waals surface area contributed by atoms with Gasteiger partial charge in [-0.1, -0.05) is 18.9 Å². The maximum absolute atomic E-state index is 11.7. The first-order valence-corrected chi connectivity index (χ1v) is 7.62. The molecule has 2 rings (SSSR count). The molecule has 0 spiro atoms. The van der Waals surface area contributed by atoms with Crippen LogP contribution in [0.3, 0.4) is 0 Å². The average Bonchev–Trinajstić information content (AvgIpc) is 3.00. The lowest BCUT2D eigenvalue weighted by atomic mass is 10.0. The SMILES string of the molecule is O=C(CC1CCCC1)NCC[C@@H](O)c1cccs1. The second-order valence-electron chi connectivity index (χ2n) is 5.02. The van der Waals surface area contributed by atoms with Crippen molar-refractivity contribution < 1.29 is 9.90 Å². The fourth-order valence-corrected chi connectivity index (χ4v) is 3.27. The molecule has 1 aliphatic carbocycles. The highest BCUT2D eigenvalue weighted by Gasteiger charge is 2.18. The molecule has 0 bridgehead atoms. The van der Waals surface area contributed by atoms with Crippen molar-refractivity contribution in [1.82, 2.24) is 5.32 Å². The Labute approximate surface area is 112 Å². The molecule has 1 aromatic heterocycles. The van der Waals surface area contributed by atoms with Crippen molar-refractivity contribution in [2.45, 2.75) is 44.6 Å². The van der Waals surface area contributed by atoms with Gasteiger partial charge in [-0.15, -0.1) is 11.3 Å². The Balaban J connectivity index is 1.61. The van der Waals surface area contributed by atoms with Gasteiger partial charge in [0, 0.05) is 17.8 Å². The van der Waals surface area contributed by atoms with E-state index in [-0.39, 0.29) is 5.91 Å². The lowest BCUT2D eigenvalue weighted by molar-refractivity contribution is -0.122. The van der Waals surface area contributed by atoms with Crippen LogP contribution in [0.1, 0.15) is 49.5 Å². The number of hydrogen-bond acceptors (Lipinski definition) is 3. The topological polar surface area (TPSA) is 49.3 Å². The van der Waals surface area contributed by atoms with Crippen LogP contribution in [0.2, 0.25) is 0 Å². The van der Waals surface area contributed by atoms with Crippen molar-refractivity contribution in [2.24, 2.45) is 5.92 Å². The van der Waals surface area contributed by atoms with E-state index in [1.165, 1.54) is 25.7 Å². The third-order valence-electron chi connectivity index (χ3n) is 3.56. The van der Waals surface area contributed by atoms with Crippen LogP contribution in [0.4, 0.5) is 0 Å². The molecule has 1 aromatic rings. The van der Waals surface area contributed by atoms with E-state index in [2.05, 4.69) is 5.32 Å². The van der Waals surface area contributed by atoms with Gasteiger partial charge in [0.15, 0.2) is 0 Å². The molecule has 0 radical (unpaired) electrons. The van der Waals surface area contributed by atoms with E-state index in [4.69, 9.17) is 0 Å². The van der Waals surface area contributed by atoms with Gasteiger partial charge in [-0.25, -0.2) is 0 Å². The van der Waals surface area contributed by atoms with Gasteiger partial charge in [0.05, 0.1) is 6.10 Å². The van der Waals surface area contributed by atoms with Crippen LogP contribution in [-0.4, -0.2) is 17.6 Å². The van der Waals surface area contributed by atoms with Gasteiger partial charge in [0.1, 0.15) is 0 Å². The second kappa shape index (κ2) is 6.90. The summed E-state index contributed by atoms with van der Waals surface area (Å²) in [7, 11) is 0. The molecule has 4 heteroatoms.